The highest BCUT2D eigenvalue weighted by Crippen LogP contribution is 2.30. The number of rotatable bonds is 3. The first-order valence-corrected chi connectivity index (χ1v) is 6.25. The molecule has 0 atom stereocenters. The van der Waals surface area contributed by atoms with Crippen LogP contribution in [0.15, 0.2) is 11.4 Å². The van der Waals surface area contributed by atoms with E-state index >= 15 is 0 Å². The van der Waals surface area contributed by atoms with Crippen LogP contribution >= 0.6 is 11.3 Å². The van der Waals surface area contributed by atoms with Crippen LogP contribution in [0.4, 0.5) is 5.82 Å². The predicted molar refractivity (Wildman–Crippen MR) is 63.4 cm³/mol. The summed E-state index contributed by atoms with van der Waals surface area (Å²) >= 11 is 1.69. The van der Waals surface area contributed by atoms with E-state index in [0.29, 0.717) is 6.04 Å². The first-order valence-electron chi connectivity index (χ1n) is 5.37. The van der Waals surface area contributed by atoms with Crippen molar-refractivity contribution in [2.45, 2.75) is 32.2 Å². The van der Waals surface area contributed by atoms with E-state index in [0.717, 1.165) is 22.9 Å². The molecule has 2 aromatic heterocycles. The molecule has 1 aliphatic carbocycles. The average molecular weight is 219 g/mol. The van der Waals surface area contributed by atoms with Gasteiger partial charge < -0.3 is 5.32 Å². The van der Waals surface area contributed by atoms with Crippen LogP contribution in [0.1, 0.15) is 25.6 Å². The Labute approximate surface area is 92.6 Å². The molecule has 4 heteroatoms. The lowest BCUT2D eigenvalue weighted by Crippen LogP contribution is -2.05. The fourth-order valence-corrected chi connectivity index (χ4v) is 2.37. The third-order valence-corrected chi connectivity index (χ3v) is 3.41. The second-order valence-electron chi connectivity index (χ2n) is 3.90. The molecule has 0 radical (unpaired) electrons. The van der Waals surface area contributed by atoms with Crippen molar-refractivity contribution < 1.29 is 0 Å². The molecule has 0 spiro atoms. The van der Waals surface area contributed by atoms with E-state index in [1.165, 1.54) is 18.2 Å². The Bertz CT molecular complexity index is 488. The summed E-state index contributed by atoms with van der Waals surface area (Å²) in [5, 5.41) is 6.73. The Morgan fingerprint density at radius 1 is 1.47 bits per heavy atom. The van der Waals surface area contributed by atoms with Gasteiger partial charge in [0.25, 0.3) is 0 Å². The van der Waals surface area contributed by atoms with Crippen LogP contribution in [0.3, 0.4) is 0 Å². The minimum atomic E-state index is 0.646. The number of nitrogens with one attached hydrogen (secondary N) is 1. The predicted octanol–water partition coefficient (Wildman–Crippen LogP) is 2.83. The molecule has 0 unspecified atom stereocenters. The highest BCUT2D eigenvalue weighted by atomic mass is 32.1. The quantitative estimate of drug-likeness (QED) is 0.862. The monoisotopic (exact) mass is 219 g/mol. The lowest BCUT2D eigenvalue weighted by molar-refractivity contribution is 0.956. The van der Waals surface area contributed by atoms with E-state index in [2.05, 4.69) is 33.7 Å². The normalized spacial score (nSPS) is 15.8. The van der Waals surface area contributed by atoms with Gasteiger partial charge >= 0.3 is 0 Å². The van der Waals surface area contributed by atoms with Crippen molar-refractivity contribution in [3.8, 4) is 0 Å². The zero-order valence-electron chi connectivity index (χ0n) is 8.66. The molecule has 1 fully saturated rings. The van der Waals surface area contributed by atoms with Gasteiger partial charge in [-0.05, 0) is 24.3 Å². The number of hydrogen-bond acceptors (Lipinski definition) is 4. The van der Waals surface area contributed by atoms with Crippen molar-refractivity contribution >= 4 is 27.4 Å². The Morgan fingerprint density at radius 3 is 3.07 bits per heavy atom. The number of fused-ring (bicyclic) bond motifs is 1. The Hall–Kier alpha value is -1.16. The van der Waals surface area contributed by atoms with Crippen molar-refractivity contribution in [3.63, 3.8) is 0 Å². The maximum absolute atomic E-state index is 4.56. The maximum atomic E-state index is 4.56. The summed E-state index contributed by atoms with van der Waals surface area (Å²) in [5.41, 5.74) is 0. The van der Waals surface area contributed by atoms with Gasteiger partial charge in [-0.3, -0.25) is 0 Å². The number of nitrogens with zero attached hydrogens (tertiary/aromatic N) is 2. The summed E-state index contributed by atoms with van der Waals surface area (Å²) in [7, 11) is 0. The highest BCUT2D eigenvalue weighted by Gasteiger charge is 2.22. The Kier molecular flexibility index (Phi) is 2.09. The van der Waals surface area contributed by atoms with Crippen LogP contribution in [0, 0.1) is 0 Å². The van der Waals surface area contributed by atoms with E-state index in [1.807, 2.05) is 0 Å². The number of hydrogen-bond donors (Lipinski definition) is 1. The topological polar surface area (TPSA) is 37.8 Å². The van der Waals surface area contributed by atoms with Gasteiger partial charge in [-0.25, -0.2) is 9.97 Å². The fraction of sp³-hybridized carbons (Fsp3) is 0.455. The van der Waals surface area contributed by atoms with Gasteiger partial charge in [0, 0.05) is 12.5 Å². The minimum absolute atomic E-state index is 0.646. The van der Waals surface area contributed by atoms with Crippen molar-refractivity contribution in [3.05, 3.63) is 17.3 Å². The number of aromatic nitrogens is 2. The zero-order valence-corrected chi connectivity index (χ0v) is 9.47. The smallest absolute Gasteiger partial charge is 0.138 e. The van der Waals surface area contributed by atoms with Gasteiger partial charge in [-0.1, -0.05) is 6.92 Å². The van der Waals surface area contributed by atoms with Gasteiger partial charge in [-0.15, -0.1) is 11.3 Å². The summed E-state index contributed by atoms with van der Waals surface area (Å²) < 4.78 is 0. The Balaban J connectivity index is 2.09. The molecular formula is C11H13N3S. The largest absolute Gasteiger partial charge is 0.367 e. The van der Waals surface area contributed by atoms with Gasteiger partial charge in [0.05, 0.1) is 5.39 Å². The molecule has 0 aliphatic heterocycles. The van der Waals surface area contributed by atoms with Gasteiger partial charge in [0.15, 0.2) is 0 Å². The fourth-order valence-electron chi connectivity index (χ4n) is 1.59. The molecular weight excluding hydrogens is 206 g/mol. The molecule has 1 saturated carbocycles. The third-order valence-electron chi connectivity index (χ3n) is 2.61. The number of thiophene rings is 1. The van der Waals surface area contributed by atoms with Crippen LogP contribution < -0.4 is 5.32 Å². The summed E-state index contributed by atoms with van der Waals surface area (Å²) in [4.78, 5) is 10.2. The second-order valence-corrected chi connectivity index (χ2v) is 4.79. The molecule has 3 nitrogen and oxygen atoms in total. The number of aryl methyl sites for hydroxylation is 1. The maximum Gasteiger partial charge on any atom is 0.138 e. The van der Waals surface area contributed by atoms with Gasteiger partial charge in [0.1, 0.15) is 16.5 Å². The lowest BCUT2D eigenvalue weighted by Gasteiger charge is -2.06. The molecule has 2 heterocycles. The summed E-state index contributed by atoms with van der Waals surface area (Å²) in [6, 6.07) is 2.75. The highest BCUT2D eigenvalue weighted by molar-refractivity contribution is 7.16. The zero-order chi connectivity index (χ0) is 10.3. The van der Waals surface area contributed by atoms with E-state index in [1.54, 1.807) is 11.3 Å². The van der Waals surface area contributed by atoms with E-state index < -0.39 is 0 Å². The molecule has 1 aliphatic rings. The second kappa shape index (κ2) is 3.45. The number of anilines is 1. The van der Waals surface area contributed by atoms with E-state index in [9.17, 15) is 0 Å². The van der Waals surface area contributed by atoms with E-state index in [-0.39, 0.29) is 0 Å². The molecule has 0 bridgehead atoms. The van der Waals surface area contributed by atoms with E-state index in [4.69, 9.17) is 0 Å². The summed E-state index contributed by atoms with van der Waals surface area (Å²) in [6.07, 6.45) is 3.45. The molecule has 15 heavy (non-hydrogen) atoms. The van der Waals surface area contributed by atoms with Crippen LogP contribution in [0.5, 0.6) is 0 Å². The molecule has 0 amide bonds. The van der Waals surface area contributed by atoms with Crippen molar-refractivity contribution in [1.82, 2.24) is 9.97 Å². The lowest BCUT2D eigenvalue weighted by atomic mass is 10.3. The molecule has 78 valence electrons. The summed E-state index contributed by atoms with van der Waals surface area (Å²) in [5.74, 6) is 1.97. The van der Waals surface area contributed by atoms with Crippen LogP contribution in [-0.4, -0.2) is 16.0 Å². The molecule has 3 rings (SSSR count). The minimum Gasteiger partial charge on any atom is -0.367 e. The molecule has 0 aromatic carbocycles. The average Bonchev–Trinajstić information content (AvgIpc) is 2.93. The van der Waals surface area contributed by atoms with Crippen LogP contribution in [0.25, 0.3) is 10.2 Å². The third kappa shape index (κ3) is 1.69. The van der Waals surface area contributed by atoms with Crippen LogP contribution in [0.2, 0.25) is 0 Å². The van der Waals surface area contributed by atoms with Gasteiger partial charge in [0.2, 0.25) is 0 Å². The standard InChI is InChI=1S/C11H13N3S/c1-2-9-13-10(12-7-3-4-7)8-5-6-15-11(8)14-9/h5-7H,2-4H2,1H3,(H,12,13,14). The van der Waals surface area contributed by atoms with Crippen molar-refractivity contribution in [2.75, 3.05) is 5.32 Å². The first kappa shape index (κ1) is 9.09. The first-order chi connectivity index (χ1) is 7.36. The molecule has 2 aromatic rings. The van der Waals surface area contributed by atoms with Crippen LogP contribution in [-0.2, 0) is 6.42 Å². The Morgan fingerprint density at radius 2 is 2.33 bits per heavy atom. The van der Waals surface area contributed by atoms with Crippen molar-refractivity contribution in [2.24, 2.45) is 0 Å². The van der Waals surface area contributed by atoms with Gasteiger partial charge in [-0.2, -0.15) is 0 Å². The SMILES string of the molecule is CCc1nc(NC2CC2)c2ccsc2n1. The van der Waals surface area contributed by atoms with Crippen molar-refractivity contribution in [1.29, 1.82) is 0 Å². The molecule has 1 N–H and O–H groups in total. The summed E-state index contributed by atoms with van der Waals surface area (Å²) in [6.45, 7) is 2.09. The molecule has 0 saturated heterocycles.